The van der Waals surface area contributed by atoms with E-state index in [1.807, 2.05) is 6.92 Å². The van der Waals surface area contributed by atoms with Crippen molar-refractivity contribution in [3.05, 3.63) is 58.1 Å². The first-order chi connectivity index (χ1) is 12.6. The zero-order chi connectivity index (χ0) is 18.3. The van der Waals surface area contributed by atoms with Crippen LogP contribution < -0.4 is 20.2 Å². The maximum absolute atomic E-state index is 13.6. The van der Waals surface area contributed by atoms with Crippen molar-refractivity contribution in [1.29, 1.82) is 0 Å². The average molecular weight is 355 g/mol. The number of carbonyl (C=O) groups is 1. The Hall–Kier alpha value is -3.42. The number of nitrogens with zero attached hydrogens (tertiary/aromatic N) is 2. The molecule has 0 fully saturated rings. The summed E-state index contributed by atoms with van der Waals surface area (Å²) in [6.45, 7) is 2.36. The normalized spacial score (nSPS) is 12.4. The van der Waals surface area contributed by atoms with Crippen LogP contribution in [0, 0.1) is 5.82 Å². The Kier molecular flexibility index (Phi) is 3.80. The van der Waals surface area contributed by atoms with Crippen molar-refractivity contribution in [3.63, 3.8) is 0 Å². The van der Waals surface area contributed by atoms with Gasteiger partial charge in [-0.15, -0.1) is 0 Å². The lowest BCUT2D eigenvalue weighted by Crippen LogP contribution is -2.27. The molecule has 0 saturated heterocycles. The van der Waals surface area contributed by atoms with Crippen molar-refractivity contribution in [2.75, 3.05) is 12.1 Å². The molecule has 4 rings (SSSR count). The second-order valence-corrected chi connectivity index (χ2v) is 5.68. The van der Waals surface area contributed by atoms with Crippen LogP contribution in [0.5, 0.6) is 11.5 Å². The van der Waals surface area contributed by atoms with Gasteiger partial charge in [0.15, 0.2) is 17.2 Å². The largest absolute Gasteiger partial charge is 0.454 e. The van der Waals surface area contributed by atoms with E-state index in [9.17, 15) is 14.0 Å². The van der Waals surface area contributed by atoms with Gasteiger partial charge in [0.2, 0.25) is 12.2 Å². The first-order valence-corrected chi connectivity index (χ1v) is 7.98. The molecule has 0 unspecified atom stereocenters. The van der Waals surface area contributed by atoms with Gasteiger partial charge in [0.1, 0.15) is 5.82 Å². The summed E-state index contributed by atoms with van der Waals surface area (Å²) < 4.78 is 25.5. The number of fused-ring (bicyclic) bond motifs is 2. The van der Waals surface area contributed by atoms with Gasteiger partial charge in [0.25, 0.3) is 5.91 Å². The highest BCUT2D eigenvalue weighted by Gasteiger charge is 2.19. The zero-order valence-corrected chi connectivity index (χ0v) is 13.8. The van der Waals surface area contributed by atoms with E-state index in [0.29, 0.717) is 29.2 Å². The maximum Gasteiger partial charge on any atom is 0.280 e. The summed E-state index contributed by atoms with van der Waals surface area (Å²) in [5.74, 6) is -0.147. The van der Waals surface area contributed by atoms with Gasteiger partial charge >= 0.3 is 0 Å². The number of anilines is 1. The molecule has 2 aromatic carbocycles. The molecular formula is C18H14FN3O4. The third-order valence-corrected chi connectivity index (χ3v) is 4.06. The summed E-state index contributed by atoms with van der Waals surface area (Å²) in [4.78, 5) is 25.2. The van der Waals surface area contributed by atoms with E-state index in [1.165, 1.54) is 16.8 Å². The number of amides is 1. The summed E-state index contributed by atoms with van der Waals surface area (Å²) in [7, 11) is 0. The number of benzene rings is 2. The van der Waals surface area contributed by atoms with Crippen molar-refractivity contribution in [3.8, 4) is 11.5 Å². The van der Waals surface area contributed by atoms with Crippen LogP contribution >= 0.6 is 0 Å². The van der Waals surface area contributed by atoms with Crippen molar-refractivity contribution < 1.29 is 18.7 Å². The molecule has 3 aromatic rings. The third-order valence-electron chi connectivity index (χ3n) is 4.06. The maximum atomic E-state index is 13.6. The Labute approximate surface area is 147 Å². The van der Waals surface area contributed by atoms with Crippen LogP contribution in [0.3, 0.4) is 0 Å². The van der Waals surface area contributed by atoms with Crippen molar-refractivity contribution >= 4 is 22.5 Å². The molecule has 8 heteroatoms. The van der Waals surface area contributed by atoms with E-state index in [1.54, 1.807) is 18.2 Å². The molecule has 26 heavy (non-hydrogen) atoms. The second kappa shape index (κ2) is 6.14. The molecule has 0 spiro atoms. The van der Waals surface area contributed by atoms with E-state index in [-0.39, 0.29) is 17.9 Å². The highest BCUT2D eigenvalue weighted by atomic mass is 19.1. The quantitative estimate of drug-likeness (QED) is 0.781. The van der Waals surface area contributed by atoms with Crippen molar-refractivity contribution in [2.24, 2.45) is 0 Å². The zero-order valence-electron chi connectivity index (χ0n) is 13.8. The lowest BCUT2D eigenvalue weighted by Gasteiger charge is -2.11. The number of rotatable bonds is 3. The van der Waals surface area contributed by atoms with Crippen LogP contribution in [0.15, 0.2) is 41.2 Å². The molecule has 0 aliphatic carbocycles. The number of nitrogens with one attached hydrogen (secondary N) is 1. The van der Waals surface area contributed by atoms with Gasteiger partial charge < -0.3 is 14.8 Å². The smallest absolute Gasteiger partial charge is 0.280 e. The summed E-state index contributed by atoms with van der Waals surface area (Å²) >= 11 is 0. The standard InChI is InChI=1S/C18H14FN3O4/c1-2-22-13-5-3-10(19)7-12(13)17(23)16(21-22)18(24)20-11-4-6-14-15(8-11)26-9-25-14/h3-8H,2,9H2,1H3,(H,20,24). The van der Waals surface area contributed by atoms with Gasteiger partial charge in [-0.2, -0.15) is 5.10 Å². The van der Waals surface area contributed by atoms with E-state index >= 15 is 0 Å². The molecule has 1 N–H and O–H groups in total. The van der Waals surface area contributed by atoms with Gasteiger partial charge in [0.05, 0.1) is 10.9 Å². The number of carbonyl (C=O) groups excluding carboxylic acids is 1. The highest BCUT2D eigenvalue weighted by molar-refractivity contribution is 6.04. The van der Waals surface area contributed by atoms with Crippen LogP contribution in [-0.4, -0.2) is 22.5 Å². The van der Waals surface area contributed by atoms with Gasteiger partial charge in [0, 0.05) is 18.3 Å². The molecular weight excluding hydrogens is 341 g/mol. The molecule has 0 saturated carbocycles. The van der Waals surface area contributed by atoms with Gasteiger partial charge in [-0.3, -0.25) is 14.3 Å². The lowest BCUT2D eigenvalue weighted by molar-refractivity contribution is 0.101. The number of aryl methyl sites for hydroxylation is 1. The molecule has 0 atom stereocenters. The molecule has 1 aromatic heterocycles. The van der Waals surface area contributed by atoms with Gasteiger partial charge in [-0.05, 0) is 37.3 Å². The summed E-state index contributed by atoms with van der Waals surface area (Å²) in [5, 5.41) is 6.86. The van der Waals surface area contributed by atoms with Crippen LogP contribution in [-0.2, 0) is 6.54 Å². The van der Waals surface area contributed by atoms with Gasteiger partial charge in [-0.1, -0.05) is 0 Å². The van der Waals surface area contributed by atoms with E-state index in [0.717, 1.165) is 6.07 Å². The van der Waals surface area contributed by atoms with Crippen LogP contribution in [0.25, 0.3) is 10.9 Å². The third kappa shape index (κ3) is 2.65. The minimum Gasteiger partial charge on any atom is -0.454 e. The number of aromatic nitrogens is 2. The van der Waals surface area contributed by atoms with E-state index in [4.69, 9.17) is 9.47 Å². The van der Waals surface area contributed by atoms with Crippen LogP contribution in [0.1, 0.15) is 17.4 Å². The fraction of sp³-hybridized carbons (Fsp3) is 0.167. The Morgan fingerprint density at radius 2 is 2.04 bits per heavy atom. The fourth-order valence-electron chi connectivity index (χ4n) is 2.82. The molecule has 2 heterocycles. The van der Waals surface area contributed by atoms with Gasteiger partial charge in [-0.25, -0.2) is 4.39 Å². The predicted octanol–water partition coefficient (Wildman–Crippen LogP) is 2.54. The van der Waals surface area contributed by atoms with E-state index in [2.05, 4.69) is 10.4 Å². The van der Waals surface area contributed by atoms with E-state index < -0.39 is 17.2 Å². The molecule has 0 radical (unpaired) electrons. The number of ether oxygens (including phenoxy) is 2. The summed E-state index contributed by atoms with van der Waals surface area (Å²) in [5.41, 5.74) is -0.0218. The van der Waals surface area contributed by atoms with Crippen molar-refractivity contribution in [2.45, 2.75) is 13.5 Å². The monoisotopic (exact) mass is 355 g/mol. The summed E-state index contributed by atoms with van der Waals surface area (Å²) in [6.07, 6.45) is 0. The van der Waals surface area contributed by atoms with Crippen LogP contribution in [0.2, 0.25) is 0 Å². The Bertz CT molecular complexity index is 1090. The van der Waals surface area contributed by atoms with Crippen molar-refractivity contribution in [1.82, 2.24) is 9.78 Å². The minimum absolute atomic E-state index is 0.109. The topological polar surface area (TPSA) is 82.5 Å². The SMILES string of the molecule is CCn1nc(C(=O)Nc2ccc3c(c2)OCO3)c(=O)c2cc(F)ccc21. The molecule has 0 bridgehead atoms. The lowest BCUT2D eigenvalue weighted by atomic mass is 10.2. The Morgan fingerprint density at radius 1 is 1.23 bits per heavy atom. The second-order valence-electron chi connectivity index (χ2n) is 5.68. The molecule has 1 amide bonds. The Morgan fingerprint density at radius 3 is 2.85 bits per heavy atom. The Balaban J connectivity index is 1.75. The fourth-order valence-corrected chi connectivity index (χ4v) is 2.82. The molecule has 132 valence electrons. The minimum atomic E-state index is -0.678. The number of hydrogen-bond acceptors (Lipinski definition) is 5. The molecule has 1 aliphatic rings. The first-order valence-electron chi connectivity index (χ1n) is 7.98. The predicted molar refractivity (Wildman–Crippen MR) is 92.2 cm³/mol. The number of hydrogen-bond donors (Lipinski definition) is 1. The molecule has 7 nitrogen and oxygen atoms in total. The first kappa shape index (κ1) is 16.1. The average Bonchev–Trinajstić information content (AvgIpc) is 3.10. The molecule has 1 aliphatic heterocycles. The summed E-state index contributed by atoms with van der Waals surface area (Å²) in [6, 6.07) is 8.72. The number of halogens is 1. The van der Waals surface area contributed by atoms with Crippen LogP contribution in [0.4, 0.5) is 10.1 Å². The highest BCUT2D eigenvalue weighted by Crippen LogP contribution is 2.34.